The van der Waals surface area contributed by atoms with Gasteiger partial charge in [-0.2, -0.15) is 5.26 Å². The maximum absolute atomic E-state index is 10.3. The maximum Gasteiger partial charge on any atom is 0.203 e. The molecule has 0 radical (unpaired) electrons. The summed E-state index contributed by atoms with van der Waals surface area (Å²) in [4.78, 5) is 3.69. The van der Waals surface area contributed by atoms with Gasteiger partial charge in [0.15, 0.2) is 22.7 Å². The van der Waals surface area contributed by atoms with Gasteiger partial charge in [-0.15, -0.1) is 0 Å². The molecule has 14 aromatic carbocycles. The number of nitrogens with zero attached hydrogens (tertiary/aromatic N) is 6. The lowest BCUT2D eigenvalue weighted by molar-refractivity contribution is 0.469. The van der Waals surface area contributed by atoms with Crippen LogP contribution in [0.5, 0.6) is 17.2 Å². The third-order valence-electron chi connectivity index (χ3n) is 18.6. The molecule has 6 heterocycles. The zero-order valence-electron chi connectivity index (χ0n) is 51.6. The molecule has 6 aromatic heterocycles. The van der Waals surface area contributed by atoms with Crippen LogP contribution in [0.4, 0.5) is 5.69 Å². The van der Waals surface area contributed by atoms with Gasteiger partial charge >= 0.3 is 0 Å². The zero-order chi connectivity index (χ0) is 64.8. The number of furan rings is 2. The molecule has 466 valence electrons. The molecule has 0 fully saturated rings. The average Bonchev–Trinajstić information content (AvgIpc) is 1.61. The van der Waals surface area contributed by atoms with Gasteiger partial charge in [0.2, 0.25) is 5.69 Å². The molecule has 0 amide bonds. The van der Waals surface area contributed by atoms with E-state index in [1.54, 1.807) is 6.07 Å². The zero-order valence-corrected chi connectivity index (χ0v) is 53.2. The number of benzene rings is 14. The highest BCUT2D eigenvalue weighted by atomic mass is 79.9. The van der Waals surface area contributed by atoms with E-state index in [0.717, 1.165) is 92.8 Å². The van der Waals surface area contributed by atoms with Crippen LogP contribution in [0.15, 0.2) is 317 Å². The number of phenols is 1. The molecule has 20 rings (SSSR count). The molecule has 0 spiro atoms. The molecule has 10 nitrogen and oxygen atoms in total. The third kappa shape index (κ3) is 9.44. The van der Waals surface area contributed by atoms with Crippen molar-refractivity contribution >= 4 is 153 Å². The molecule has 1 N–H and O–H groups in total. The second-order valence-electron chi connectivity index (χ2n) is 24.0. The Bertz CT molecular complexity index is 6600. The van der Waals surface area contributed by atoms with Gasteiger partial charge < -0.3 is 36.9 Å². The standard InChI is InChI=1S/C43H25N3O2.C31H18BrN3.C12H8O2.CH4.H2/c44-26-27-24-28(21-23-40(27)47-42-19-9-14-34-33-13-4-8-18-41(33)48-43(34)42)45-38-17-7-3-12-32(38)35-25-29(20-22-39(35)45)46-36-15-5-1-10-30(36)31-11-2-6-16-37(31)46;1-33-27-19-21(14-16-26(27)32)35-30-13-7-4-10-24(30)25-18-20(15-17-31(25)35)34-28-11-5-2-8-22(28)23-9-3-6-12-29(23)34;13-10-6-3-5-9-8-4-1-2-7-11(8)14-12(9)10;;/h1-25H;2-19H;1-7,13H;1H4;1H/i;;;;1+1. The summed E-state index contributed by atoms with van der Waals surface area (Å²) in [6, 6.07) is 106. The molecule has 0 unspecified atom stereocenters. The van der Waals surface area contributed by atoms with Crippen LogP contribution in [0.2, 0.25) is 0 Å². The number of hydrogen-bond donors (Lipinski definition) is 1. The molecule has 0 aliphatic rings. The first-order valence-electron chi connectivity index (χ1n) is 31.8. The minimum absolute atomic E-state index is 0. The Morgan fingerprint density at radius 1 is 0.357 bits per heavy atom. The van der Waals surface area contributed by atoms with E-state index in [9.17, 15) is 10.4 Å². The Labute approximate surface area is 571 Å². The van der Waals surface area contributed by atoms with Crippen LogP contribution in [0.3, 0.4) is 0 Å². The van der Waals surface area contributed by atoms with Gasteiger partial charge in [0, 0.05) is 93.3 Å². The topological polar surface area (TPSA) is 104 Å². The molecule has 0 atom stereocenters. The number of halogens is 1. The van der Waals surface area contributed by atoms with E-state index in [2.05, 4.69) is 233 Å². The summed E-state index contributed by atoms with van der Waals surface area (Å²) in [6.45, 7) is 7.56. The highest BCUT2D eigenvalue weighted by Crippen LogP contribution is 2.43. The van der Waals surface area contributed by atoms with Gasteiger partial charge in [-0.3, -0.25) is 0 Å². The summed E-state index contributed by atoms with van der Waals surface area (Å²) < 4.78 is 28.1. The predicted octanol–water partition coefficient (Wildman–Crippen LogP) is 24.8. The van der Waals surface area contributed by atoms with E-state index < -0.39 is 0 Å². The van der Waals surface area contributed by atoms with Crippen molar-refractivity contribution in [2.45, 2.75) is 7.43 Å². The number of rotatable bonds is 6. The summed E-state index contributed by atoms with van der Waals surface area (Å²) in [5.41, 5.74) is 17.1. The van der Waals surface area contributed by atoms with Crippen LogP contribution >= 0.6 is 15.9 Å². The van der Waals surface area contributed by atoms with Gasteiger partial charge in [-0.1, -0.05) is 199 Å². The van der Waals surface area contributed by atoms with Crippen LogP contribution in [0.25, 0.3) is 159 Å². The Balaban J connectivity index is 0.000000131. The average molecular weight is 1330 g/mol. The number of aromatic nitrogens is 4. The van der Waals surface area contributed by atoms with Crippen LogP contribution < -0.4 is 4.74 Å². The van der Waals surface area contributed by atoms with Crippen LogP contribution in [0, 0.1) is 17.9 Å². The van der Waals surface area contributed by atoms with Crippen molar-refractivity contribution in [1.29, 1.82) is 5.26 Å². The fourth-order valence-electron chi connectivity index (χ4n) is 14.4. The quantitative estimate of drug-likeness (QED) is 0.167. The molecular formula is C87H57BrN6O4. The fourth-order valence-corrected chi connectivity index (χ4v) is 14.7. The highest BCUT2D eigenvalue weighted by molar-refractivity contribution is 9.10. The SMILES string of the molecule is C.N#Cc1cc(-n2c3ccccc3c3cc(-n4c5ccccc5c5ccccc54)ccc32)ccc1Oc1cccc2c1oc1ccccc12.Oc1cccc2c1oc1ccccc12.[2HH].[C-]#[N+]c1cc(-n2c3ccccc3c3cc(-n4c5ccccc5c5ccccc54)ccc32)ccc1Br. The number of para-hydroxylation sites is 10. The lowest BCUT2D eigenvalue weighted by atomic mass is 10.1. The molecule has 0 aliphatic heterocycles. The number of phenolic OH excluding ortho intramolecular Hbond substituents is 1. The van der Waals surface area contributed by atoms with E-state index in [1.807, 2.05) is 109 Å². The van der Waals surface area contributed by atoms with Crippen LogP contribution in [-0.2, 0) is 0 Å². The van der Waals surface area contributed by atoms with Gasteiger partial charge in [0.05, 0.1) is 56.3 Å². The van der Waals surface area contributed by atoms with Crippen molar-refractivity contribution in [1.82, 2.24) is 18.3 Å². The highest BCUT2D eigenvalue weighted by Gasteiger charge is 2.21. The van der Waals surface area contributed by atoms with Gasteiger partial charge in [0.25, 0.3) is 0 Å². The number of hydrogen-bond acceptors (Lipinski definition) is 5. The normalized spacial score (nSPS) is 11.5. The first-order valence-corrected chi connectivity index (χ1v) is 32.6. The summed E-state index contributed by atoms with van der Waals surface area (Å²) >= 11 is 3.50. The Morgan fingerprint density at radius 3 is 1.16 bits per heavy atom. The molecule has 20 aromatic rings. The Hall–Kier alpha value is -13.1. The first-order chi connectivity index (χ1) is 47.9. The minimum Gasteiger partial charge on any atom is -0.504 e. The van der Waals surface area contributed by atoms with Crippen molar-refractivity contribution in [2.75, 3.05) is 0 Å². The number of aromatic hydroxyl groups is 1. The number of fused-ring (bicyclic) bond motifs is 18. The van der Waals surface area contributed by atoms with Gasteiger partial charge in [-0.25, -0.2) is 4.85 Å². The van der Waals surface area contributed by atoms with E-state index in [1.165, 1.54) is 54.4 Å². The maximum atomic E-state index is 10.3. The lowest BCUT2D eigenvalue weighted by Gasteiger charge is -2.13. The largest absolute Gasteiger partial charge is 0.504 e. The number of nitriles is 1. The van der Waals surface area contributed by atoms with E-state index in [-0.39, 0.29) is 14.6 Å². The van der Waals surface area contributed by atoms with Crippen molar-refractivity contribution in [3.63, 3.8) is 0 Å². The Kier molecular flexibility index (Phi) is 14.2. The van der Waals surface area contributed by atoms with Gasteiger partial charge in [-0.05, 0) is 127 Å². The smallest absolute Gasteiger partial charge is 0.203 e. The molecule has 0 saturated heterocycles. The second-order valence-corrected chi connectivity index (χ2v) is 24.8. The summed E-state index contributed by atoms with van der Waals surface area (Å²) in [6.07, 6.45) is 0. The van der Waals surface area contributed by atoms with E-state index in [4.69, 9.17) is 20.1 Å². The molecule has 0 saturated carbocycles. The van der Waals surface area contributed by atoms with Crippen LogP contribution in [0.1, 0.15) is 14.4 Å². The fraction of sp³-hybridized carbons (Fsp3) is 0.0115. The predicted molar refractivity (Wildman–Crippen MR) is 407 cm³/mol. The molecular weight excluding hydrogens is 1270 g/mol. The van der Waals surface area contributed by atoms with Gasteiger partial charge in [0.1, 0.15) is 23.0 Å². The Morgan fingerprint density at radius 2 is 0.704 bits per heavy atom. The van der Waals surface area contributed by atoms with E-state index in [0.29, 0.717) is 33.9 Å². The number of ether oxygens (including phenoxy) is 1. The second kappa shape index (κ2) is 23.7. The molecule has 0 aliphatic carbocycles. The summed E-state index contributed by atoms with van der Waals surface area (Å²) in [5, 5.41) is 33.5. The molecule has 11 heteroatoms. The monoisotopic (exact) mass is 1330 g/mol. The van der Waals surface area contributed by atoms with Crippen molar-refractivity contribution in [3.05, 3.63) is 325 Å². The van der Waals surface area contributed by atoms with Crippen molar-refractivity contribution in [2.24, 2.45) is 0 Å². The summed E-state index contributed by atoms with van der Waals surface area (Å²) in [7, 11) is 0. The molecule has 0 bridgehead atoms. The first kappa shape index (κ1) is 58.7. The summed E-state index contributed by atoms with van der Waals surface area (Å²) in [5.74, 6) is 1.24. The van der Waals surface area contributed by atoms with Crippen molar-refractivity contribution < 1.29 is 20.1 Å². The third-order valence-corrected chi connectivity index (χ3v) is 19.3. The van der Waals surface area contributed by atoms with E-state index >= 15 is 0 Å². The lowest BCUT2D eigenvalue weighted by Crippen LogP contribution is -1.97. The molecule has 98 heavy (non-hydrogen) atoms. The van der Waals surface area contributed by atoms with Crippen molar-refractivity contribution in [3.8, 4) is 46.1 Å². The van der Waals surface area contributed by atoms with Crippen LogP contribution in [-0.4, -0.2) is 23.4 Å². The minimum atomic E-state index is 0.